The molecular formula is C31H22O. The monoisotopic (exact) mass is 410 g/mol. The lowest BCUT2D eigenvalue weighted by molar-refractivity contribution is 0.104. The molecule has 0 saturated heterocycles. The highest BCUT2D eigenvalue weighted by Gasteiger charge is 2.21. The first-order chi connectivity index (χ1) is 15.8. The molecule has 5 aromatic carbocycles. The van der Waals surface area contributed by atoms with E-state index in [1.165, 1.54) is 0 Å². The van der Waals surface area contributed by atoms with Crippen molar-refractivity contribution in [2.45, 2.75) is 0 Å². The summed E-state index contributed by atoms with van der Waals surface area (Å²) in [4.78, 5) is 13.9. The van der Waals surface area contributed by atoms with Gasteiger partial charge in [-0.15, -0.1) is 0 Å². The third-order valence-corrected chi connectivity index (χ3v) is 5.68. The molecule has 0 bridgehead atoms. The van der Waals surface area contributed by atoms with Crippen LogP contribution >= 0.6 is 0 Å². The second-order valence-electron chi connectivity index (χ2n) is 7.74. The maximum absolute atomic E-state index is 13.9. The zero-order valence-corrected chi connectivity index (χ0v) is 17.6. The van der Waals surface area contributed by atoms with E-state index in [2.05, 4.69) is 48.5 Å². The maximum Gasteiger partial charge on any atom is 0.194 e. The van der Waals surface area contributed by atoms with Crippen LogP contribution in [0.15, 0.2) is 133 Å². The van der Waals surface area contributed by atoms with Crippen molar-refractivity contribution in [3.05, 3.63) is 145 Å². The second kappa shape index (κ2) is 8.87. The Morgan fingerprint density at radius 2 is 0.781 bits per heavy atom. The number of rotatable bonds is 5. The molecule has 0 aromatic heterocycles. The minimum atomic E-state index is 0.0305. The molecule has 0 aliphatic heterocycles. The van der Waals surface area contributed by atoms with Gasteiger partial charge in [0.25, 0.3) is 0 Å². The van der Waals surface area contributed by atoms with Gasteiger partial charge in [-0.2, -0.15) is 0 Å². The summed E-state index contributed by atoms with van der Waals surface area (Å²) in [5.74, 6) is 0.0305. The average molecular weight is 411 g/mol. The number of carbonyl (C=O) groups is 1. The highest BCUT2D eigenvalue weighted by atomic mass is 16.1. The van der Waals surface area contributed by atoms with Gasteiger partial charge in [-0.1, -0.05) is 121 Å². The summed E-state index contributed by atoms with van der Waals surface area (Å²) < 4.78 is 0. The highest BCUT2D eigenvalue weighted by molar-refractivity contribution is 6.17. The molecule has 1 heteroatoms. The van der Waals surface area contributed by atoms with Crippen molar-refractivity contribution < 1.29 is 4.79 Å². The van der Waals surface area contributed by atoms with Crippen LogP contribution in [0.3, 0.4) is 0 Å². The summed E-state index contributed by atoms with van der Waals surface area (Å²) in [5, 5.41) is 0. The van der Waals surface area contributed by atoms with Crippen LogP contribution in [0, 0.1) is 0 Å². The Bertz CT molecular complexity index is 1280. The first kappa shape index (κ1) is 19.7. The average Bonchev–Trinajstić information content (AvgIpc) is 2.89. The van der Waals surface area contributed by atoms with E-state index in [1.807, 2.05) is 84.9 Å². The molecule has 0 aliphatic carbocycles. The van der Waals surface area contributed by atoms with Gasteiger partial charge in [-0.3, -0.25) is 4.79 Å². The quantitative estimate of drug-likeness (QED) is 0.269. The van der Waals surface area contributed by atoms with Gasteiger partial charge >= 0.3 is 0 Å². The van der Waals surface area contributed by atoms with Gasteiger partial charge in [0.1, 0.15) is 0 Å². The van der Waals surface area contributed by atoms with E-state index >= 15 is 0 Å². The van der Waals surface area contributed by atoms with Crippen LogP contribution < -0.4 is 0 Å². The Hall–Kier alpha value is -4.23. The molecule has 0 fully saturated rings. The Balaban J connectivity index is 1.85. The molecule has 0 aliphatic rings. The molecule has 0 radical (unpaired) electrons. The first-order valence-corrected chi connectivity index (χ1v) is 10.8. The van der Waals surface area contributed by atoms with E-state index in [1.54, 1.807) is 0 Å². The van der Waals surface area contributed by atoms with Crippen LogP contribution in [-0.2, 0) is 0 Å². The van der Waals surface area contributed by atoms with Crippen LogP contribution in [-0.4, -0.2) is 5.78 Å². The zero-order valence-electron chi connectivity index (χ0n) is 17.6. The molecule has 0 atom stereocenters. The predicted molar refractivity (Wildman–Crippen MR) is 133 cm³/mol. The summed E-state index contributed by atoms with van der Waals surface area (Å²) in [7, 11) is 0. The Kier molecular flexibility index (Phi) is 5.47. The molecule has 0 unspecified atom stereocenters. The number of hydrogen-bond acceptors (Lipinski definition) is 1. The van der Waals surface area contributed by atoms with Gasteiger partial charge in [0.15, 0.2) is 5.78 Å². The Labute approximate surface area is 188 Å². The second-order valence-corrected chi connectivity index (χ2v) is 7.74. The molecule has 5 rings (SSSR count). The first-order valence-electron chi connectivity index (χ1n) is 10.8. The standard InChI is InChI=1S/C31H22O/c32-31(26-19-11-4-12-20-26)30-28(24-15-7-2-8-16-24)21-27(23-13-5-1-6-14-23)22-29(30)25-17-9-3-10-18-25/h1-22H. The molecule has 32 heavy (non-hydrogen) atoms. The van der Waals surface area contributed by atoms with Crippen molar-refractivity contribution in [1.82, 2.24) is 0 Å². The Morgan fingerprint density at radius 3 is 1.22 bits per heavy atom. The molecule has 0 saturated carbocycles. The molecule has 0 heterocycles. The highest BCUT2D eigenvalue weighted by Crippen LogP contribution is 2.38. The fraction of sp³-hybridized carbons (Fsp3) is 0. The van der Waals surface area contributed by atoms with Crippen LogP contribution in [0.5, 0.6) is 0 Å². The van der Waals surface area contributed by atoms with Gasteiger partial charge in [0, 0.05) is 11.1 Å². The van der Waals surface area contributed by atoms with Gasteiger partial charge in [0.05, 0.1) is 0 Å². The molecule has 0 N–H and O–H groups in total. The summed E-state index contributed by atoms with van der Waals surface area (Å²) >= 11 is 0. The van der Waals surface area contributed by atoms with E-state index in [9.17, 15) is 4.79 Å². The topological polar surface area (TPSA) is 17.1 Å². The summed E-state index contributed by atoms with van der Waals surface area (Å²) in [6, 6.07) is 44.5. The summed E-state index contributed by atoms with van der Waals surface area (Å²) in [6.45, 7) is 0. The fourth-order valence-electron chi connectivity index (χ4n) is 4.11. The lowest BCUT2D eigenvalue weighted by Gasteiger charge is -2.18. The van der Waals surface area contributed by atoms with E-state index in [0.29, 0.717) is 5.56 Å². The van der Waals surface area contributed by atoms with E-state index < -0.39 is 0 Å². The van der Waals surface area contributed by atoms with Crippen molar-refractivity contribution in [2.75, 3.05) is 0 Å². The van der Waals surface area contributed by atoms with Crippen LogP contribution in [0.1, 0.15) is 15.9 Å². The van der Waals surface area contributed by atoms with Crippen molar-refractivity contribution in [1.29, 1.82) is 0 Å². The van der Waals surface area contributed by atoms with E-state index in [0.717, 1.165) is 38.9 Å². The lowest BCUT2D eigenvalue weighted by atomic mass is 9.84. The SMILES string of the molecule is O=C(c1ccccc1)c1c(-c2ccccc2)cc(-c2ccccc2)cc1-c1ccccc1. The van der Waals surface area contributed by atoms with Crippen molar-refractivity contribution >= 4 is 5.78 Å². The maximum atomic E-state index is 13.9. The van der Waals surface area contributed by atoms with Crippen molar-refractivity contribution in [3.63, 3.8) is 0 Å². The minimum Gasteiger partial charge on any atom is -0.289 e. The van der Waals surface area contributed by atoms with Gasteiger partial charge in [0.2, 0.25) is 0 Å². The van der Waals surface area contributed by atoms with Gasteiger partial charge < -0.3 is 0 Å². The van der Waals surface area contributed by atoms with Crippen LogP contribution in [0.25, 0.3) is 33.4 Å². The zero-order chi connectivity index (χ0) is 21.8. The predicted octanol–water partition coefficient (Wildman–Crippen LogP) is 7.92. The third-order valence-electron chi connectivity index (χ3n) is 5.68. The number of benzene rings is 5. The number of carbonyl (C=O) groups excluding carboxylic acids is 1. The van der Waals surface area contributed by atoms with Gasteiger partial charge in [-0.05, 0) is 45.5 Å². The molecule has 0 amide bonds. The summed E-state index contributed by atoms with van der Waals surface area (Å²) in [6.07, 6.45) is 0. The molecule has 5 aromatic rings. The molecule has 0 spiro atoms. The van der Waals surface area contributed by atoms with Crippen molar-refractivity contribution in [2.24, 2.45) is 0 Å². The largest absolute Gasteiger partial charge is 0.289 e. The van der Waals surface area contributed by atoms with E-state index in [-0.39, 0.29) is 5.78 Å². The Morgan fingerprint density at radius 1 is 0.406 bits per heavy atom. The van der Waals surface area contributed by atoms with E-state index in [4.69, 9.17) is 0 Å². The number of hydrogen-bond donors (Lipinski definition) is 0. The summed E-state index contributed by atoms with van der Waals surface area (Å²) in [5.41, 5.74) is 7.58. The molecular weight excluding hydrogens is 388 g/mol. The molecule has 152 valence electrons. The minimum absolute atomic E-state index is 0.0305. The van der Waals surface area contributed by atoms with Crippen LogP contribution in [0.2, 0.25) is 0 Å². The van der Waals surface area contributed by atoms with Crippen molar-refractivity contribution in [3.8, 4) is 33.4 Å². The molecule has 1 nitrogen and oxygen atoms in total. The van der Waals surface area contributed by atoms with Gasteiger partial charge in [-0.25, -0.2) is 0 Å². The normalized spacial score (nSPS) is 10.6. The lowest BCUT2D eigenvalue weighted by Crippen LogP contribution is -2.07. The third kappa shape index (κ3) is 3.89. The van der Waals surface area contributed by atoms with Crippen LogP contribution in [0.4, 0.5) is 0 Å². The fourth-order valence-corrected chi connectivity index (χ4v) is 4.11. The number of ketones is 1. The smallest absolute Gasteiger partial charge is 0.194 e.